The topological polar surface area (TPSA) is 86.7 Å². The summed E-state index contributed by atoms with van der Waals surface area (Å²) in [4.78, 5) is 2.49. The summed E-state index contributed by atoms with van der Waals surface area (Å²) < 4.78 is 122. The van der Waals surface area contributed by atoms with Crippen LogP contribution in [0.25, 0.3) is 0 Å². The Labute approximate surface area is 215 Å². The summed E-state index contributed by atoms with van der Waals surface area (Å²) in [6.45, 7) is 1.45. The molecular weight excluding hydrogens is 545 g/mol. The van der Waals surface area contributed by atoms with Crippen LogP contribution in [0.5, 0.6) is 0 Å². The maximum atomic E-state index is 13.5. The zero-order valence-corrected chi connectivity index (χ0v) is 20.2. The Morgan fingerprint density at radius 3 is 2.10 bits per heavy atom. The predicted octanol–water partition coefficient (Wildman–Crippen LogP) is 5.06. The van der Waals surface area contributed by atoms with Gasteiger partial charge in [-0.25, -0.2) is 0 Å². The molecule has 0 saturated carbocycles. The number of H-pyrrole nitrogens is 1. The quantitative estimate of drug-likeness (QED) is 0.286. The van der Waals surface area contributed by atoms with E-state index in [1.54, 1.807) is 6.92 Å². The van der Waals surface area contributed by atoms with Gasteiger partial charge < -0.3 is 16.0 Å². The Morgan fingerprint density at radius 2 is 1.54 bits per heavy atom. The molecule has 2 aromatic carbocycles. The summed E-state index contributed by atoms with van der Waals surface area (Å²) in [5.41, 5.74) is 1.62. The summed E-state index contributed by atoms with van der Waals surface area (Å²) in [5.74, 6) is -0.142. The van der Waals surface area contributed by atoms with Gasteiger partial charge in [-0.3, -0.25) is 0 Å². The molecule has 2 atom stereocenters. The monoisotopic (exact) mass is 568 g/mol. The third kappa shape index (κ3) is 6.37. The lowest BCUT2D eigenvalue weighted by atomic mass is 9.90. The molecule has 39 heavy (non-hydrogen) atoms. The van der Waals surface area contributed by atoms with Crippen molar-refractivity contribution in [2.75, 3.05) is 16.8 Å². The number of tetrazole rings is 1. The second-order valence-electron chi connectivity index (χ2n) is 9.16. The van der Waals surface area contributed by atoms with Crippen molar-refractivity contribution in [2.45, 2.75) is 57.0 Å². The Bertz CT molecular complexity index is 1280. The summed E-state index contributed by atoms with van der Waals surface area (Å²) in [5, 5.41) is 13.8. The second kappa shape index (κ2) is 10.2. The molecule has 1 aliphatic rings. The van der Waals surface area contributed by atoms with E-state index in [0.29, 0.717) is 17.8 Å². The zero-order valence-electron chi connectivity index (χ0n) is 20.2. The molecule has 4 N–H and O–H groups in total. The Balaban J connectivity index is 1.87. The van der Waals surface area contributed by atoms with E-state index in [2.05, 4.69) is 20.7 Å². The minimum atomic E-state index is -5.08. The van der Waals surface area contributed by atoms with Crippen LogP contribution in [-0.2, 0) is 31.6 Å². The number of nitrogens with two attached hydrogens (primary N) is 1. The number of alkyl halides is 9. The summed E-state index contributed by atoms with van der Waals surface area (Å²) in [6.07, 6.45) is -14.7. The maximum Gasteiger partial charge on any atom is 0.416 e. The number of hydrogen-bond donors (Lipinski definition) is 3. The average Bonchev–Trinajstić information content (AvgIpc) is 3.28. The van der Waals surface area contributed by atoms with Gasteiger partial charge in [-0.2, -0.15) is 39.5 Å². The summed E-state index contributed by atoms with van der Waals surface area (Å²) >= 11 is 0. The molecule has 0 amide bonds. The van der Waals surface area contributed by atoms with E-state index in [1.165, 1.54) is 15.8 Å². The van der Waals surface area contributed by atoms with Gasteiger partial charge in [0.15, 0.2) is 0 Å². The van der Waals surface area contributed by atoms with Crippen LogP contribution in [0.3, 0.4) is 0 Å². The molecule has 1 aliphatic heterocycles. The van der Waals surface area contributed by atoms with E-state index in [0.717, 1.165) is 12.1 Å². The van der Waals surface area contributed by atoms with Crippen molar-refractivity contribution in [3.8, 4) is 0 Å². The molecule has 0 radical (unpaired) electrons. The van der Waals surface area contributed by atoms with E-state index in [4.69, 9.17) is 5.73 Å². The SMILES string of the molecule is CC1CC(N(Cc2cc(C(F)(F)F)cc(C(F)(F)F)c2)c2n[nH][n+](CCN)n2)c2cc(C(F)(F)F)ccc2N1. The second-order valence-corrected chi connectivity index (χ2v) is 9.16. The van der Waals surface area contributed by atoms with Gasteiger partial charge in [0.2, 0.25) is 0 Å². The lowest BCUT2D eigenvalue weighted by Crippen LogP contribution is -2.43. The highest BCUT2D eigenvalue weighted by Gasteiger charge is 2.40. The Hall–Kier alpha value is -3.56. The molecule has 0 aliphatic carbocycles. The molecule has 7 nitrogen and oxygen atoms in total. The molecule has 0 fully saturated rings. The molecule has 212 valence electrons. The Morgan fingerprint density at radius 1 is 0.923 bits per heavy atom. The van der Waals surface area contributed by atoms with Crippen LogP contribution >= 0.6 is 0 Å². The first-order valence-electron chi connectivity index (χ1n) is 11.6. The fourth-order valence-electron chi connectivity index (χ4n) is 4.45. The number of halogens is 9. The predicted molar refractivity (Wildman–Crippen MR) is 120 cm³/mol. The molecule has 1 aromatic heterocycles. The molecule has 3 aromatic rings. The van der Waals surface area contributed by atoms with Crippen molar-refractivity contribution in [2.24, 2.45) is 5.73 Å². The van der Waals surface area contributed by atoms with E-state index in [9.17, 15) is 39.5 Å². The minimum absolute atomic E-state index is 0.00729. The third-order valence-corrected chi connectivity index (χ3v) is 6.17. The van der Waals surface area contributed by atoms with Crippen LogP contribution in [0.2, 0.25) is 0 Å². The van der Waals surface area contributed by atoms with E-state index in [-0.39, 0.29) is 48.7 Å². The van der Waals surface area contributed by atoms with Gasteiger partial charge in [0.05, 0.1) is 27.8 Å². The van der Waals surface area contributed by atoms with Crippen LogP contribution in [-0.4, -0.2) is 28.0 Å². The minimum Gasteiger partial charge on any atom is -0.382 e. The van der Waals surface area contributed by atoms with Crippen molar-refractivity contribution in [3.63, 3.8) is 0 Å². The lowest BCUT2D eigenvalue weighted by Gasteiger charge is -2.37. The van der Waals surface area contributed by atoms with E-state index < -0.39 is 47.8 Å². The summed E-state index contributed by atoms with van der Waals surface area (Å²) in [6, 6.07) is 2.91. The van der Waals surface area contributed by atoms with Crippen LogP contribution in [0.1, 0.15) is 47.2 Å². The molecule has 0 spiro atoms. The van der Waals surface area contributed by atoms with Gasteiger partial charge in [-0.15, -0.1) is 0 Å². The number of rotatable bonds is 6. The van der Waals surface area contributed by atoms with Crippen molar-refractivity contribution in [3.05, 3.63) is 64.2 Å². The first-order chi connectivity index (χ1) is 18.1. The van der Waals surface area contributed by atoms with Crippen molar-refractivity contribution < 1.29 is 44.3 Å². The highest BCUT2D eigenvalue weighted by molar-refractivity contribution is 5.59. The van der Waals surface area contributed by atoms with Gasteiger partial charge in [-0.1, -0.05) is 4.80 Å². The first kappa shape index (κ1) is 28.4. The number of anilines is 2. The van der Waals surface area contributed by atoms with Crippen LogP contribution < -0.4 is 20.7 Å². The number of aromatic amines is 1. The lowest BCUT2D eigenvalue weighted by molar-refractivity contribution is -0.802. The fraction of sp³-hybridized carbons (Fsp3) is 0.435. The smallest absolute Gasteiger partial charge is 0.382 e. The normalized spacial score (nSPS) is 18.0. The number of nitrogens with zero attached hydrogens (tertiary/aromatic N) is 4. The maximum absolute atomic E-state index is 13.5. The Kier molecular flexibility index (Phi) is 7.44. The van der Waals surface area contributed by atoms with Gasteiger partial charge in [0.1, 0.15) is 6.54 Å². The molecule has 16 heteroatoms. The summed E-state index contributed by atoms with van der Waals surface area (Å²) in [7, 11) is 0. The van der Waals surface area contributed by atoms with Gasteiger partial charge >= 0.3 is 24.5 Å². The van der Waals surface area contributed by atoms with Crippen LogP contribution in [0.4, 0.5) is 51.1 Å². The number of fused-ring (bicyclic) bond motifs is 1. The van der Waals surface area contributed by atoms with Gasteiger partial charge in [0, 0.05) is 29.9 Å². The third-order valence-electron chi connectivity index (χ3n) is 6.17. The van der Waals surface area contributed by atoms with Crippen LogP contribution in [0.15, 0.2) is 36.4 Å². The molecular formula is C23H23F9N7+. The fourth-order valence-corrected chi connectivity index (χ4v) is 4.45. The first-order valence-corrected chi connectivity index (χ1v) is 11.6. The highest BCUT2D eigenvalue weighted by atomic mass is 19.4. The van der Waals surface area contributed by atoms with Crippen LogP contribution in [0, 0.1) is 0 Å². The molecule has 2 unspecified atom stereocenters. The number of aromatic nitrogens is 4. The average molecular weight is 568 g/mol. The highest BCUT2D eigenvalue weighted by Crippen LogP contribution is 2.43. The number of hydrogen-bond acceptors (Lipinski definition) is 5. The van der Waals surface area contributed by atoms with Gasteiger partial charge in [-0.05, 0) is 66.1 Å². The van der Waals surface area contributed by atoms with E-state index >= 15 is 0 Å². The molecule has 0 bridgehead atoms. The standard InChI is InChI=1S/C23H22F9N7/c1-12-6-19(17-10-14(21(24,25)26)2-3-18(17)34-12)38(20-35-37-39(36-20)5-4-33)11-13-7-15(22(27,28)29)9-16(8-13)23(30,31)32/h2-3,7-10,12,19,34H,4-6,11,33H2,1H3/p+1. The molecule has 0 saturated heterocycles. The molecule has 2 heterocycles. The van der Waals surface area contributed by atoms with Crippen molar-refractivity contribution in [1.29, 1.82) is 0 Å². The number of nitrogens with one attached hydrogen (secondary N) is 2. The largest absolute Gasteiger partial charge is 0.416 e. The zero-order chi connectivity index (χ0) is 28.8. The van der Waals surface area contributed by atoms with Crippen molar-refractivity contribution in [1.82, 2.24) is 15.4 Å². The number of benzene rings is 2. The van der Waals surface area contributed by atoms with E-state index in [1.807, 2.05) is 0 Å². The van der Waals surface area contributed by atoms with Crippen molar-refractivity contribution >= 4 is 11.6 Å². The molecule has 4 rings (SSSR count). The van der Waals surface area contributed by atoms with Gasteiger partial charge in [0.25, 0.3) is 0 Å².